The van der Waals surface area contributed by atoms with E-state index in [0.29, 0.717) is 23.4 Å². The van der Waals surface area contributed by atoms with Crippen LogP contribution in [0.15, 0.2) is 23.1 Å². The van der Waals surface area contributed by atoms with Gasteiger partial charge in [-0.2, -0.15) is 22.7 Å². The Morgan fingerprint density at radius 1 is 1.14 bits per heavy atom. The Morgan fingerprint density at radius 3 is 2.26 bits per heavy atom. The molecule has 3 rings (SSSR count). The highest BCUT2D eigenvalue weighted by Gasteiger charge is 2.43. The van der Waals surface area contributed by atoms with Crippen molar-refractivity contribution in [2.75, 3.05) is 32.7 Å². The van der Waals surface area contributed by atoms with E-state index >= 15 is 0 Å². The molecule has 7 nitrogen and oxygen atoms in total. The van der Waals surface area contributed by atoms with E-state index in [9.17, 15) is 30.8 Å². The SMILES string of the molecule is CC(C)N1CCN(C(=O)[C@H]2CC[C@H](N(CC(F)(F)F)S(=O)(=O)c3ccc(F)c(C#N)c3)CC2)CC1. The maximum atomic E-state index is 13.7. The summed E-state index contributed by atoms with van der Waals surface area (Å²) in [5.41, 5.74) is -0.565. The van der Waals surface area contributed by atoms with Crippen molar-refractivity contribution < 1.29 is 30.8 Å². The summed E-state index contributed by atoms with van der Waals surface area (Å²) in [7, 11) is -4.66. The normalized spacial score (nSPS) is 22.4. The number of nitrogens with zero attached hydrogens (tertiary/aromatic N) is 4. The third-order valence-corrected chi connectivity index (χ3v) is 8.70. The van der Waals surface area contributed by atoms with Crippen LogP contribution in [0.4, 0.5) is 17.6 Å². The monoisotopic (exact) mass is 518 g/mol. The lowest BCUT2D eigenvalue weighted by Gasteiger charge is -2.40. The lowest BCUT2D eigenvalue weighted by molar-refractivity contribution is -0.144. The quantitative estimate of drug-likeness (QED) is 0.540. The molecule has 12 heteroatoms. The summed E-state index contributed by atoms with van der Waals surface area (Å²) in [6.45, 7) is 5.19. The Hall–Kier alpha value is -2.23. The zero-order valence-electron chi connectivity index (χ0n) is 19.8. The Kier molecular flexibility index (Phi) is 8.44. The summed E-state index contributed by atoms with van der Waals surface area (Å²) in [6.07, 6.45) is -4.03. The van der Waals surface area contributed by atoms with Crippen molar-refractivity contribution in [3.8, 4) is 6.07 Å². The molecular formula is C23H30F4N4O3S. The molecule has 2 fully saturated rings. The highest BCUT2D eigenvalue weighted by atomic mass is 32.2. The number of carbonyl (C=O) groups is 1. The molecule has 1 aliphatic heterocycles. The summed E-state index contributed by atoms with van der Waals surface area (Å²) in [6, 6.07) is 3.30. The molecule has 1 saturated carbocycles. The number of halogens is 4. The van der Waals surface area contributed by atoms with E-state index in [-0.39, 0.29) is 37.5 Å². The number of piperazine rings is 1. The second-order valence-electron chi connectivity index (χ2n) is 9.38. The maximum Gasteiger partial charge on any atom is 0.402 e. The van der Waals surface area contributed by atoms with Gasteiger partial charge in [0.1, 0.15) is 18.4 Å². The van der Waals surface area contributed by atoms with Crippen molar-refractivity contribution >= 4 is 15.9 Å². The van der Waals surface area contributed by atoms with Crippen LogP contribution < -0.4 is 0 Å². The first-order valence-electron chi connectivity index (χ1n) is 11.6. The second kappa shape index (κ2) is 10.8. The van der Waals surface area contributed by atoms with Gasteiger partial charge < -0.3 is 4.90 Å². The fourth-order valence-corrected chi connectivity index (χ4v) is 6.50. The van der Waals surface area contributed by atoms with Gasteiger partial charge in [0.05, 0.1) is 10.5 Å². The largest absolute Gasteiger partial charge is 0.402 e. The summed E-state index contributed by atoms with van der Waals surface area (Å²) < 4.78 is 80.5. The lowest BCUT2D eigenvalue weighted by Crippen LogP contribution is -2.53. The molecule has 1 amide bonds. The van der Waals surface area contributed by atoms with Gasteiger partial charge in [-0.1, -0.05) is 0 Å². The van der Waals surface area contributed by atoms with Crippen molar-refractivity contribution in [1.29, 1.82) is 5.26 Å². The number of benzene rings is 1. The van der Waals surface area contributed by atoms with Gasteiger partial charge in [0.25, 0.3) is 0 Å². The molecule has 0 spiro atoms. The van der Waals surface area contributed by atoms with Crippen LogP contribution in [0.25, 0.3) is 0 Å². The van der Waals surface area contributed by atoms with E-state index in [4.69, 9.17) is 5.26 Å². The Labute approximate surface area is 203 Å². The molecule has 1 aromatic rings. The van der Waals surface area contributed by atoms with Gasteiger partial charge in [-0.05, 0) is 57.7 Å². The molecule has 194 valence electrons. The average molecular weight is 519 g/mol. The van der Waals surface area contributed by atoms with Crippen LogP contribution in [0.5, 0.6) is 0 Å². The molecule has 0 radical (unpaired) electrons. The predicted octanol–water partition coefficient (Wildman–Crippen LogP) is 3.36. The zero-order chi connectivity index (χ0) is 26.0. The molecule has 0 unspecified atom stereocenters. The Morgan fingerprint density at radius 2 is 1.74 bits per heavy atom. The Bertz CT molecular complexity index is 1060. The lowest BCUT2D eigenvalue weighted by atomic mass is 9.85. The average Bonchev–Trinajstić information content (AvgIpc) is 2.82. The van der Waals surface area contributed by atoms with Gasteiger partial charge in [0.2, 0.25) is 15.9 Å². The molecule has 35 heavy (non-hydrogen) atoms. The second-order valence-corrected chi connectivity index (χ2v) is 11.3. The van der Waals surface area contributed by atoms with Crippen LogP contribution in [0.2, 0.25) is 0 Å². The van der Waals surface area contributed by atoms with Gasteiger partial charge in [-0.25, -0.2) is 12.8 Å². The van der Waals surface area contributed by atoms with E-state index < -0.39 is 45.1 Å². The minimum Gasteiger partial charge on any atom is -0.340 e. The first kappa shape index (κ1) is 27.4. The summed E-state index contributed by atoms with van der Waals surface area (Å²) in [4.78, 5) is 16.5. The fourth-order valence-electron chi connectivity index (χ4n) is 4.80. The highest BCUT2D eigenvalue weighted by Crippen LogP contribution is 2.34. The van der Waals surface area contributed by atoms with Crippen LogP contribution in [0, 0.1) is 23.1 Å². The minimum absolute atomic E-state index is 0.0331. The highest BCUT2D eigenvalue weighted by molar-refractivity contribution is 7.89. The van der Waals surface area contributed by atoms with E-state index in [2.05, 4.69) is 18.7 Å². The molecule has 1 saturated heterocycles. The van der Waals surface area contributed by atoms with Crippen molar-refractivity contribution in [2.45, 2.75) is 62.7 Å². The summed E-state index contributed by atoms with van der Waals surface area (Å²) in [5, 5.41) is 9.00. The van der Waals surface area contributed by atoms with Crippen molar-refractivity contribution in [1.82, 2.24) is 14.1 Å². The standard InChI is InChI=1S/C23H30F4N4O3S/c1-16(2)29-9-11-30(12-10-29)22(32)17-3-5-19(6-4-17)31(15-23(25,26)27)35(33,34)20-7-8-21(24)18(13-20)14-28/h7-8,13,16-17,19H,3-6,9-12,15H2,1-2H3/t17-,19-. The molecule has 0 atom stereocenters. The Balaban J connectivity index is 1.73. The smallest absolute Gasteiger partial charge is 0.340 e. The zero-order valence-corrected chi connectivity index (χ0v) is 20.6. The third kappa shape index (κ3) is 6.51. The van der Waals surface area contributed by atoms with Gasteiger partial charge in [0.15, 0.2) is 0 Å². The van der Waals surface area contributed by atoms with Gasteiger partial charge in [-0.15, -0.1) is 0 Å². The predicted molar refractivity (Wildman–Crippen MR) is 120 cm³/mol. The van der Waals surface area contributed by atoms with Crippen LogP contribution in [-0.2, 0) is 14.8 Å². The van der Waals surface area contributed by atoms with Crippen LogP contribution in [0.3, 0.4) is 0 Å². The molecule has 1 aromatic carbocycles. The summed E-state index contributed by atoms with van der Waals surface area (Å²) >= 11 is 0. The number of carbonyl (C=O) groups excluding carboxylic acids is 1. The maximum absolute atomic E-state index is 13.7. The molecule has 0 N–H and O–H groups in total. The molecule has 0 aromatic heterocycles. The van der Waals surface area contributed by atoms with Crippen molar-refractivity contribution in [3.05, 3.63) is 29.6 Å². The number of hydrogen-bond acceptors (Lipinski definition) is 5. The minimum atomic E-state index is -4.80. The van der Waals surface area contributed by atoms with Gasteiger partial charge in [-0.3, -0.25) is 9.69 Å². The number of hydrogen-bond donors (Lipinski definition) is 0. The van der Waals surface area contributed by atoms with Gasteiger partial charge >= 0.3 is 6.18 Å². The van der Waals surface area contributed by atoms with Crippen LogP contribution in [0.1, 0.15) is 45.1 Å². The number of alkyl halides is 3. The van der Waals surface area contributed by atoms with E-state index in [1.165, 1.54) is 6.07 Å². The number of sulfonamides is 1. The molecule has 0 bridgehead atoms. The number of amides is 1. The molecular weight excluding hydrogens is 488 g/mol. The summed E-state index contributed by atoms with van der Waals surface area (Å²) in [5.74, 6) is -1.35. The van der Waals surface area contributed by atoms with Crippen LogP contribution in [-0.4, -0.2) is 79.4 Å². The van der Waals surface area contributed by atoms with E-state index in [1.54, 1.807) is 4.90 Å². The van der Waals surface area contributed by atoms with E-state index in [0.717, 1.165) is 31.3 Å². The molecule has 2 aliphatic rings. The molecule has 1 heterocycles. The first-order chi connectivity index (χ1) is 16.3. The van der Waals surface area contributed by atoms with E-state index in [1.807, 2.05) is 0 Å². The third-order valence-electron chi connectivity index (χ3n) is 6.81. The van der Waals surface area contributed by atoms with Crippen molar-refractivity contribution in [3.63, 3.8) is 0 Å². The topological polar surface area (TPSA) is 84.7 Å². The van der Waals surface area contributed by atoms with Gasteiger partial charge in [0, 0.05) is 44.2 Å². The van der Waals surface area contributed by atoms with Crippen molar-refractivity contribution in [2.24, 2.45) is 5.92 Å². The molecule has 1 aliphatic carbocycles. The number of rotatable bonds is 6. The van der Waals surface area contributed by atoms with Crippen LogP contribution >= 0.6 is 0 Å². The fraction of sp³-hybridized carbons (Fsp3) is 0.652. The first-order valence-corrected chi connectivity index (χ1v) is 13.1. The number of nitriles is 1.